The predicted molar refractivity (Wildman–Crippen MR) is 82.1 cm³/mol. The predicted octanol–water partition coefficient (Wildman–Crippen LogP) is -0.165. The molecule has 0 unspecified atom stereocenters. The summed E-state index contributed by atoms with van der Waals surface area (Å²) < 4.78 is 32.7. The molecule has 20 heavy (non-hydrogen) atoms. The van der Waals surface area contributed by atoms with E-state index in [0.717, 1.165) is 25.9 Å². The standard InChI is InChI=1S/C12H23N3O3S2/c13-12(19)9-15-5-1-10(2-6-15)14-20(16,17)11-3-7-18-8-4-11/h10-11,14H,1-9H2,(H2,13,19). The fourth-order valence-corrected chi connectivity index (χ4v) is 4.63. The van der Waals surface area contributed by atoms with Crippen molar-refractivity contribution in [2.24, 2.45) is 5.73 Å². The lowest BCUT2D eigenvalue weighted by atomic mass is 10.1. The van der Waals surface area contributed by atoms with Crippen molar-refractivity contribution in [1.82, 2.24) is 9.62 Å². The minimum absolute atomic E-state index is 0.0328. The number of rotatable bonds is 5. The number of hydrogen-bond donors (Lipinski definition) is 2. The van der Waals surface area contributed by atoms with Crippen molar-refractivity contribution >= 4 is 27.2 Å². The fraction of sp³-hybridized carbons (Fsp3) is 0.917. The Hall–Kier alpha value is -0.280. The van der Waals surface area contributed by atoms with Gasteiger partial charge in [-0.3, -0.25) is 4.90 Å². The Morgan fingerprint density at radius 1 is 1.25 bits per heavy atom. The molecule has 0 atom stereocenters. The maximum Gasteiger partial charge on any atom is 0.214 e. The molecule has 2 saturated heterocycles. The van der Waals surface area contributed by atoms with Gasteiger partial charge < -0.3 is 10.5 Å². The van der Waals surface area contributed by atoms with Gasteiger partial charge in [0.1, 0.15) is 0 Å². The lowest BCUT2D eigenvalue weighted by Crippen LogP contribution is -2.49. The summed E-state index contributed by atoms with van der Waals surface area (Å²) in [5.74, 6) is 0. The van der Waals surface area contributed by atoms with Gasteiger partial charge in [-0.2, -0.15) is 0 Å². The van der Waals surface area contributed by atoms with Crippen molar-refractivity contribution in [3.8, 4) is 0 Å². The number of hydrogen-bond acceptors (Lipinski definition) is 5. The third-order valence-electron chi connectivity index (χ3n) is 3.91. The highest BCUT2D eigenvalue weighted by atomic mass is 32.2. The smallest absolute Gasteiger partial charge is 0.214 e. The quantitative estimate of drug-likeness (QED) is 0.684. The lowest BCUT2D eigenvalue weighted by Gasteiger charge is -2.33. The average Bonchev–Trinajstić information content (AvgIpc) is 2.41. The molecule has 0 saturated carbocycles. The summed E-state index contributed by atoms with van der Waals surface area (Å²) in [4.78, 5) is 2.66. The molecule has 3 N–H and O–H groups in total. The van der Waals surface area contributed by atoms with Crippen molar-refractivity contribution < 1.29 is 13.2 Å². The number of nitrogens with one attached hydrogen (secondary N) is 1. The van der Waals surface area contributed by atoms with Crippen LogP contribution < -0.4 is 10.5 Å². The summed E-state index contributed by atoms with van der Waals surface area (Å²) in [6.45, 7) is 3.36. The van der Waals surface area contributed by atoms with Crippen molar-refractivity contribution in [2.45, 2.75) is 37.0 Å². The molecule has 8 heteroatoms. The topological polar surface area (TPSA) is 84.7 Å². The first-order valence-electron chi connectivity index (χ1n) is 7.07. The molecular formula is C12H23N3O3S2. The zero-order valence-corrected chi connectivity index (χ0v) is 13.2. The molecule has 2 heterocycles. The molecule has 0 aliphatic carbocycles. The Morgan fingerprint density at radius 3 is 2.40 bits per heavy atom. The Labute approximate surface area is 126 Å². The molecule has 0 aromatic heterocycles. The maximum atomic E-state index is 12.3. The molecule has 0 amide bonds. The van der Waals surface area contributed by atoms with E-state index in [2.05, 4.69) is 9.62 Å². The van der Waals surface area contributed by atoms with Crippen LogP contribution in [0.15, 0.2) is 0 Å². The Bertz CT molecular complexity index is 427. The van der Waals surface area contributed by atoms with Gasteiger partial charge in [0, 0.05) is 38.9 Å². The molecule has 0 radical (unpaired) electrons. The SMILES string of the molecule is NC(=S)CN1CCC(NS(=O)(=O)C2CCOCC2)CC1. The van der Waals surface area contributed by atoms with Gasteiger partial charge in [0.25, 0.3) is 0 Å². The van der Waals surface area contributed by atoms with E-state index in [1.165, 1.54) is 0 Å². The summed E-state index contributed by atoms with van der Waals surface area (Å²) in [7, 11) is -3.22. The van der Waals surface area contributed by atoms with Gasteiger partial charge in [-0.05, 0) is 25.7 Å². The van der Waals surface area contributed by atoms with Crippen LogP contribution in [-0.2, 0) is 14.8 Å². The van der Waals surface area contributed by atoms with Crippen LogP contribution in [0.1, 0.15) is 25.7 Å². The highest BCUT2D eigenvalue weighted by Crippen LogP contribution is 2.18. The first-order chi connectivity index (χ1) is 9.47. The van der Waals surface area contributed by atoms with E-state index >= 15 is 0 Å². The van der Waals surface area contributed by atoms with Gasteiger partial charge in [-0.1, -0.05) is 12.2 Å². The summed E-state index contributed by atoms with van der Waals surface area (Å²) in [5.41, 5.74) is 5.52. The van der Waals surface area contributed by atoms with Crippen molar-refractivity contribution in [2.75, 3.05) is 32.8 Å². The number of thiocarbonyl (C=S) groups is 1. The summed E-state index contributed by atoms with van der Waals surface area (Å²) in [5, 5.41) is -0.300. The molecule has 2 rings (SSSR count). The number of nitrogens with zero attached hydrogens (tertiary/aromatic N) is 1. The van der Waals surface area contributed by atoms with Gasteiger partial charge >= 0.3 is 0 Å². The van der Waals surface area contributed by atoms with Gasteiger partial charge in [0.2, 0.25) is 10.0 Å². The van der Waals surface area contributed by atoms with Gasteiger partial charge in [0.05, 0.1) is 10.2 Å². The number of ether oxygens (including phenoxy) is 1. The minimum Gasteiger partial charge on any atom is -0.392 e. The molecule has 116 valence electrons. The van der Waals surface area contributed by atoms with E-state index < -0.39 is 10.0 Å². The van der Waals surface area contributed by atoms with E-state index in [-0.39, 0.29) is 11.3 Å². The molecular weight excluding hydrogens is 298 g/mol. The summed E-state index contributed by atoms with van der Waals surface area (Å²) >= 11 is 4.89. The third kappa shape index (κ3) is 4.63. The highest BCUT2D eigenvalue weighted by Gasteiger charge is 2.31. The van der Waals surface area contributed by atoms with Gasteiger partial charge in [0.15, 0.2) is 0 Å². The molecule has 2 fully saturated rings. The van der Waals surface area contributed by atoms with E-state index in [9.17, 15) is 8.42 Å². The number of nitrogens with two attached hydrogens (primary N) is 1. The fourth-order valence-electron chi connectivity index (χ4n) is 2.74. The summed E-state index contributed by atoms with van der Waals surface area (Å²) in [6, 6.07) is 0.0328. The normalized spacial score (nSPS) is 23.8. The molecule has 0 aromatic rings. The van der Waals surface area contributed by atoms with Crippen LogP contribution >= 0.6 is 12.2 Å². The molecule has 0 aromatic carbocycles. The van der Waals surface area contributed by atoms with Crippen molar-refractivity contribution in [3.05, 3.63) is 0 Å². The first kappa shape index (κ1) is 16.1. The Balaban J connectivity index is 1.80. The Kier molecular flexibility index (Phi) is 5.74. The Morgan fingerprint density at radius 2 is 1.85 bits per heavy atom. The van der Waals surface area contributed by atoms with Crippen molar-refractivity contribution in [1.29, 1.82) is 0 Å². The third-order valence-corrected chi connectivity index (χ3v) is 6.05. The highest BCUT2D eigenvalue weighted by molar-refractivity contribution is 7.90. The van der Waals surface area contributed by atoms with Gasteiger partial charge in [-0.25, -0.2) is 13.1 Å². The van der Waals surface area contributed by atoms with Crippen LogP contribution in [0.25, 0.3) is 0 Å². The molecule has 2 aliphatic rings. The van der Waals surface area contributed by atoms with Crippen LogP contribution in [0.4, 0.5) is 0 Å². The number of sulfonamides is 1. The monoisotopic (exact) mass is 321 g/mol. The van der Waals surface area contributed by atoms with Crippen LogP contribution in [0, 0.1) is 0 Å². The van der Waals surface area contributed by atoms with E-state index in [1.807, 2.05) is 0 Å². The van der Waals surface area contributed by atoms with E-state index in [1.54, 1.807) is 0 Å². The van der Waals surface area contributed by atoms with Crippen LogP contribution in [0.5, 0.6) is 0 Å². The van der Waals surface area contributed by atoms with Crippen LogP contribution in [-0.4, -0.2) is 62.4 Å². The average molecular weight is 321 g/mol. The first-order valence-corrected chi connectivity index (χ1v) is 9.02. The second kappa shape index (κ2) is 7.13. The number of likely N-dealkylation sites (tertiary alicyclic amines) is 1. The van der Waals surface area contributed by atoms with E-state index in [0.29, 0.717) is 37.6 Å². The zero-order chi connectivity index (χ0) is 14.6. The largest absolute Gasteiger partial charge is 0.392 e. The zero-order valence-electron chi connectivity index (χ0n) is 11.6. The molecule has 6 nitrogen and oxygen atoms in total. The lowest BCUT2D eigenvalue weighted by molar-refractivity contribution is 0.0979. The van der Waals surface area contributed by atoms with Crippen molar-refractivity contribution in [3.63, 3.8) is 0 Å². The number of piperidine rings is 1. The second-order valence-corrected chi connectivity index (χ2v) is 8.01. The second-order valence-electron chi connectivity index (χ2n) is 5.49. The summed E-state index contributed by atoms with van der Waals surface area (Å²) in [6.07, 6.45) is 2.81. The molecule has 2 aliphatic heterocycles. The minimum atomic E-state index is -3.22. The van der Waals surface area contributed by atoms with Crippen LogP contribution in [0.3, 0.4) is 0 Å². The molecule has 0 spiro atoms. The maximum absolute atomic E-state index is 12.3. The van der Waals surface area contributed by atoms with Crippen LogP contribution in [0.2, 0.25) is 0 Å². The van der Waals surface area contributed by atoms with Gasteiger partial charge in [-0.15, -0.1) is 0 Å². The molecule has 0 bridgehead atoms. The van der Waals surface area contributed by atoms with E-state index in [4.69, 9.17) is 22.7 Å².